The van der Waals surface area contributed by atoms with Gasteiger partial charge >= 0.3 is 0 Å². The summed E-state index contributed by atoms with van der Waals surface area (Å²) in [6.45, 7) is 2.06. The fourth-order valence-electron chi connectivity index (χ4n) is 4.23. The second-order valence-electron chi connectivity index (χ2n) is 7.46. The summed E-state index contributed by atoms with van der Waals surface area (Å²) >= 11 is 0. The first-order valence-corrected chi connectivity index (χ1v) is 9.30. The molecule has 1 fully saturated rings. The van der Waals surface area contributed by atoms with Crippen LogP contribution in [0.4, 0.5) is 0 Å². The average molecular weight is 355 g/mol. The lowest BCUT2D eigenvalue weighted by molar-refractivity contribution is 0.0876. The molecule has 3 atom stereocenters. The van der Waals surface area contributed by atoms with Crippen molar-refractivity contribution in [3.05, 3.63) is 95.6 Å². The number of para-hydroxylation sites is 1. The molecule has 0 bridgehead atoms. The second kappa shape index (κ2) is 6.03. The first-order valence-electron chi connectivity index (χ1n) is 9.30. The third-order valence-corrected chi connectivity index (χ3v) is 5.79. The molecule has 4 heteroatoms. The quantitative estimate of drug-likeness (QED) is 0.592. The van der Waals surface area contributed by atoms with E-state index >= 15 is 0 Å². The zero-order valence-electron chi connectivity index (χ0n) is 15.2. The maximum atomic E-state index is 11.5. The number of aromatic nitrogens is 3. The lowest BCUT2D eigenvalue weighted by atomic mass is 9.94. The van der Waals surface area contributed by atoms with Gasteiger partial charge in [-0.2, -0.15) is 0 Å². The van der Waals surface area contributed by atoms with Crippen molar-refractivity contribution in [3.63, 3.8) is 0 Å². The number of nitrogens with zero attached hydrogens (tertiary/aromatic N) is 3. The highest BCUT2D eigenvalue weighted by Gasteiger charge is 2.63. The molecule has 134 valence electrons. The third-order valence-electron chi connectivity index (χ3n) is 5.79. The van der Waals surface area contributed by atoms with Crippen molar-refractivity contribution >= 4 is 11.0 Å². The molecule has 3 unspecified atom stereocenters. The van der Waals surface area contributed by atoms with Gasteiger partial charge in [-0.25, -0.2) is 4.68 Å². The predicted molar refractivity (Wildman–Crippen MR) is 105 cm³/mol. The number of aryl methyl sites for hydroxylation is 1. The van der Waals surface area contributed by atoms with Crippen LogP contribution in [0.5, 0.6) is 0 Å². The lowest BCUT2D eigenvalue weighted by Crippen LogP contribution is -2.29. The van der Waals surface area contributed by atoms with Gasteiger partial charge in [0.15, 0.2) is 0 Å². The summed E-state index contributed by atoms with van der Waals surface area (Å²) in [5.41, 5.74) is 4.62. The standard InChI is InChI=1S/C23H21N3O/c1-16-11-13-18(14-12-16)22(27)23(15-19(23)17-7-3-2-4-8-17)26-21-10-6-5-9-20(21)24-25-26/h2-14,19,22,27H,15H2,1H3. The summed E-state index contributed by atoms with van der Waals surface area (Å²) in [5.74, 6) is 0.195. The van der Waals surface area contributed by atoms with E-state index in [1.807, 2.05) is 59.3 Å². The Bertz CT molecular complexity index is 1090. The van der Waals surface area contributed by atoms with Crippen LogP contribution in [0.3, 0.4) is 0 Å². The van der Waals surface area contributed by atoms with Crippen LogP contribution in [0.2, 0.25) is 0 Å². The SMILES string of the molecule is Cc1ccc(C(O)C2(n3nnc4ccccc43)CC2c2ccccc2)cc1. The largest absolute Gasteiger partial charge is 0.386 e. The van der Waals surface area contributed by atoms with Crippen LogP contribution >= 0.6 is 0 Å². The van der Waals surface area contributed by atoms with Crippen molar-refractivity contribution in [1.29, 1.82) is 0 Å². The van der Waals surface area contributed by atoms with Gasteiger partial charge in [0.05, 0.1) is 5.52 Å². The Balaban J connectivity index is 1.66. The summed E-state index contributed by atoms with van der Waals surface area (Å²) < 4.78 is 1.95. The van der Waals surface area contributed by atoms with Gasteiger partial charge in [0.1, 0.15) is 17.2 Å². The molecule has 1 saturated carbocycles. The fourth-order valence-corrected chi connectivity index (χ4v) is 4.23. The van der Waals surface area contributed by atoms with Crippen LogP contribution in [0.25, 0.3) is 11.0 Å². The van der Waals surface area contributed by atoms with Gasteiger partial charge in [-0.15, -0.1) is 5.10 Å². The molecule has 0 radical (unpaired) electrons. The van der Waals surface area contributed by atoms with E-state index in [0.717, 1.165) is 23.0 Å². The van der Waals surface area contributed by atoms with Crippen molar-refractivity contribution in [3.8, 4) is 0 Å². The van der Waals surface area contributed by atoms with Gasteiger partial charge in [0, 0.05) is 5.92 Å². The molecule has 5 rings (SSSR count). The Hall–Kier alpha value is -2.98. The molecule has 3 aromatic carbocycles. The van der Waals surface area contributed by atoms with Gasteiger partial charge in [0.25, 0.3) is 0 Å². The Labute approximate surface area is 158 Å². The van der Waals surface area contributed by atoms with E-state index in [1.165, 1.54) is 11.1 Å². The number of fused-ring (bicyclic) bond motifs is 1. The van der Waals surface area contributed by atoms with E-state index in [4.69, 9.17) is 0 Å². The number of aliphatic hydroxyl groups is 1. The highest BCUT2D eigenvalue weighted by molar-refractivity contribution is 5.74. The molecule has 0 amide bonds. The molecule has 4 aromatic rings. The minimum absolute atomic E-state index is 0.195. The van der Waals surface area contributed by atoms with E-state index in [-0.39, 0.29) is 5.92 Å². The van der Waals surface area contributed by atoms with Crippen LogP contribution < -0.4 is 0 Å². The molecule has 1 aliphatic rings. The Kier molecular flexibility index (Phi) is 3.62. The maximum absolute atomic E-state index is 11.5. The summed E-state index contributed by atoms with van der Waals surface area (Å²) in [7, 11) is 0. The fraction of sp³-hybridized carbons (Fsp3) is 0.217. The van der Waals surface area contributed by atoms with Crippen molar-refractivity contribution in [1.82, 2.24) is 15.0 Å². The number of aliphatic hydroxyl groups excluding tert-OH is 1. The van der Waals surface area contributed by atoms with Crippen LogP contribution in [-0.4, -0.2) is 20.1 Å². The van der Waals surface area contributed by atoms with Crippen LogP contribution in [0, 0.1) is 6.92 Å². The van der Waals surface area contributed by atoms with Crippen LogP contribution in [-0.2, 0) is 5.54 Å². The van der Waals surface area contributed by atoms with Crippen LogP contribution in [0.15, 0.2) is 78.9 Å². The highest BCUT2D eigenvalue weighted by Crippen LogP contribution is 2.63. The van der Waals surface area contributed by atoms with E-state index < -0.39 is 11.6 Å². The van der Waals surface area contributed by atoms with Crippen LogP contribution in [0.1, 0.15) is 35.1 Å². The van der Waals surface area contributed by atoms with Crippen molar-refractivity contribution < 1.29 is 5.11 Å². The molecule has 0 saturated heterocycles. The highest BCUT2D eigenvalue weighted by atomic mass is 16.3. The molecule has 0 spiro atoms. The van der Waals surface area contributed by atoms with Gasteiger partial charge in [0.2, 0.25) is 0 Å². The zero-order valence-corrected chi connectivity index (χ0v) is 15.2. The van der Waals surface area contributed by atoms with E-state index in [9.17, 15) is 5.11 Å². The summed E-state index contributed by atoms with van der Waals surface area (Å²) in [5, 5.41) is 20.3. The van der Waals surface area contributed by atoms with E-state index in [1.54, 1.807) is 0 Å². The minimum atomic E-state index is -0.659. The van der Waals surface area contributed by atoms with Crippen molar-refractivity contribution in [2.75, 3.05) is 0 Å². The number of hydrogen-bond acceptors (Lipinski definition) is 3. The van der Waals surface area contributed by atoms with Gasteiger partial charge < -0.3 is 5.11 Å². The summed E-state index contributed by atoms with van der Waals surface area (Å²) in [4.78, 5) is 0. The zero-order chi connectivity index (χ0) is 18.4. The molecule has 1 aliphatic carbocycles. The molecular formula is C23H21N3O. The van der Waals surface area contributed by atoms with E-state index in [0.29, 0.717) is 0 Å². The first-order chi connectivity index (χ1) is 13.2. The monoisotopic (exact) mass is 355 g/mol. The first kappa shape index (κ1) is 16.2. The molecule has 1 heterocycles. The predicted octanol–water partition coefficient (Wildman–Crippen LogP) is 4.36. The minimum Gasteiger partial charge on any atom is -0.386 e. The van der Waals surface area contributed by atoms with E-state index in [2.05, 4.69) is 41.5 Å². The topological polar surface area (TPSA) is 50.9 Å². The number of rotatable bonds is 4. The smallest absolute Gasteiger partial charge is 0.113 e. The van der Waals surface area contributed by atoms with Gasteiger partial charge in [-0.1, -0.05) is 77.5 Å². The summed E-state index contributed by atoms with van der Waals surface area (Å²) in [6.07, 6.45) is 0.174. The molecule has 1 N–H and O–H groups in total. The normalized spacial score (nSPS) is 22.7. The molecule has 1 aromatic heterocycles. The lowest BCUT2D eigenvalue weighted by Gasteiger charge is -2.25. The second-order valence-corrected chi connectivity index (χ2v) is 7.46. The Morgan fingerprint density at radius 3 is 2.44 bits per heavy atom. The summed E-state index contributed by atoms with van der Waals surface area (Å²) in [6, 6.07) is 26.5. The number of hydrogen-bond donors (Lipinski definition) is 1. The number of benzene rings is 3. The molecule has 27 heavy (non-hydrogen) atoms. The van der Waals surface area contributed by atoms with Crippen molar-refractivity contribution in [2.45, 2.75) is 30.9 Å². The van der Waals surface area contributed by atoms with Crippen molar-refractivity contribution in [2.24, 2.45) is 0 Å². The average Bonchev–Trinajstić information content (AvgIpc) is 3.32. The maximum Gasteiger partial charge on any atom is 0.113 e. The molecule has 4 nitrogen and oxygen atoms in total. The molecular weight excluding hydrogens is 334 g/mol. The Morgan fingerprint density at radius 1 is 0.963 bits per heavy atom. The Morgan fingerprint density at radius 2 is 1.67 bits per heavy atom. The van der Waals surface area contributed by atoms with Gasteiger partial charge in [-0.3, -0.25) is 0 Å². The third kappa shape index (κ3) is 2.48. The van der Waals surface area contributed by atoms with Gasteiger partial charge in [-0.05, 0) is 36.6 Å². The molecule has 0 aliphatic heterocycles.